The number of carbonyl (C=O) groups excluding carboxylic acids is 3. The smallest absolute Gasteiger partial charge is 0.305 e. The fourth-order valence-electron chi connectivity index (χ4n) is 4.88. The van der Waals surface area contributed by atoms with Crippen LogP contribution in [0.2, 0.25) is 0 Å². The number of methoxy groups -OCH3 is 1. The molecule has 1 aromatic rings. The second-order valence-electron chi connectivity index (χ2n) is 9.07. The standard InChI is InChI=1S/C28H40O6/c1-4-5-8-12-25(34-21(2)30)22-14-16-24(17-15-22)28-23(18-19-26(28)33-20-29)11-9-6-7-10-13-27(31)32-3/h6,9,14-17,20,23,25-26,28H,4-5,7-8,10-13,18-19H2,1-3H3/b9-6-/t23-,25?,26+,28?/m0/s1. The number of hydrogen-bond acceptors (Lipinski definition) is 6. The molecule has 6 nitrogen and oxygen atoms in total. The fourth-order valence-corrected chi connectivity index (χ4v) is 4.88. The normalized spacial score (nSPS) is 20.7. The van der Waals surface area contributed by atoms with Crippen LogP contribution in [-0.2, 0) is 28.6 Å². The Balaban J connectivity index is 2.06. The van der Waals surface area contributed by atoms with Gasteiger partial charge in [0.15, 0.2) is 0 Å². The second-order valence-corrected chi connectivity index (χ2v) is 9.07. The molecule has 0 heterocycles. The third kappa shape index (κ3) is 8.96. The van der Waals surface area contributed by atoms with Crippen LogP contribution < -0.4 is 0 Å². The zero-order valence-corrected chi connectivity index (χ0v) is 20.9. The molecule has 2 unspecified atom stereocenters. The number of unbranched alkanes of at least 4 members (excludes halogenated alkanes) is 3. The van der Waals surface area contributed by atoms with Crippen LogP contribution in [0.1, 0.15) is 101 Å². The summed E-state index contributed by atoms with van der Waals surface area (Å²) in [6.07, 6.45) is 12.8. The lowest BCUT2D eigenvalue weighted by Gasteiger charge is -2.25. The van der Waals surface area contributed by atoms with Crippen molar-refractivity contribution in [3.05, 3.63) is 47.5 Å². The molecule has 0 aliphatic heterocycles. The summed E-state index contributed by atoms with van der Waals surface area (Å²) in [5, 5.41) is 0. The van der Waals surface area contributed by atoms with Crippen molar-refractivity contribution >= 4 is 18.4 Å². The molecule has 188 valence electrons. The van der Waals surface area contributed by atoms with Gasteiger partial charge in [0.05, 0.1) is 7.11 Å². The molecule has 6 heteroatoms. The SMILES string of the molecule is CCCCCC(OC(C)=O)c1ccc(C2[C@@H](C/C=C\CCCC(=O)OC)CC[C@H]2OC=O)cc1. The molecule has 1 saturated carbocycles. The first-order chi connectivity index (χ1) is 16.5. The van der Waals surface area contributed by atoms with E-state index in [1.807, 2.05) is 12.1 Å². The third-order valence-electron chi connectivity index (χ3n) is 6.62. The molecule has 0 bridgehead atoms. The van der Waals surface area contributed by atoms with Gasteiger partial charge < -0.3 is 14.2 Å². The van der Waals surface area contributed by atoms with Crippen LogP contribution in [0.5, 0.6) is 0 Å². The Morgan fingerprint density at radius 2 is 1.85 bits per heavy atom. The van der Waals surface area contributed by atoms with Gasteiger partial charge in [-0.1, -0.05) is 56.2 Å². The van der Waals surface area contributed by atoms with Crippen molar-refractivity contribution in [2.24, 2.45) is 5.92 Å². The maximum atomic E-state index is 11.6. The number of ether oxygens (including phenoxy) is 3. The van der Waals surface area contributed by atoms with Crippen LogP contribution in [0.4, 0.5) is 0 Å². The van der Waals surface area contributed by atoms with Crippen LogP contribution in [0.3, 0.4) is 0 Å². The number of rotatable bonds is 15. The quantitative estimate of drug-likeness (QED) is 0.0995. The lowest BCUT2D eigenvalue weighted by molar-refractivity contribution is -0.147. The zero-order chi connectivity index (χ0) is 24.8. The number of carbonyl (C=O) groups is 3. The molecule has 4 atom stereocenters. The minimum Gasteiger partial charge on any atom is -0.469 e. The molecule has 1 aliphatic carbocycles. The van der Waals surface area contributed by atoms with E-state index >= 15 is 0 Å². The molecule has 1 aliphatic rings. The summed E-state index contributed by atoms with van der Waals surface area (Å²) >= 11 is 0. The lowest BCUT2D eigenvalue weighted by Crippen LogP contribution is -2.20. The Labute approximate surface area is 204 Å². The van der Waals surface area contributed by atoms with E-state index in [9.17, 15) is 14.4 Å². The summed E-state index contributed by atoms with van der Waals surface area (Å²) in [6.45, 7) is 4.17. The van der Waals surface area contributed by atoms with E-state index in [4.69, 9.17) is 9.47 Å². The molecular weight excluding hydrogens is 432 g/mol. The fraction of sp³-hybridized carbons (Fsp3) is 0.607. The minimum absolute atomic E-state index is 0.130. The summed E-state index contributed by atoms with van der Waals surface area (Å²) in [6, 6.07) is 8.28. The molecule has 0 aromatic heterocycles. The summed E-state index contributed by atoms with van der Waals surface area (Å²) in [4.78, 5) is 33.9. The molecule has 34 heavy (non-hydrogen) atoms. The Hall–Kier alpha value is -2.63. The Bertz CT molecular complexity index is 785. The largest absolute Gasteiger partial charge is 0.469 e. The maximum Gasteiger partial charge on any atom is 0.305 e. The Morgan fingerprint density at radius 1 is 1.09 bits per heavy atom. The van der Waals surface area contributed by atoms with E-state index in [0.29, 0.717) is 18.8 Å². The van der Waals surface area contributed by atoms with Gasteiger partial charge in [-0.05, 0) is 62.0 Å². The summed E-state index contributed by atoms with van der Waals surface area (Å²) < 4.78 is 15.7. The van der Waals surface area contributed by atoms with E-state index < -0.39 is 0 Å². The van der Waals surface area contributed by atoms with E-state index in [1.54, 1.807) is 0 Å². The van der Waals surface area contributed by atoms with E-state index in [1.165, 1.54) is 14.0 Å². The Kier molecular flexibility index (Phi) is 12.4. The average molecular weight is 473 g/mol. The maximum absolute atomic E-state index is 11.6. The number of benzene rings is 1. The molecule has 2 rings (SSSR count). The minimum atomic E-state index is -0.265. The molecule has 0 saturated heterocycles. The number of esters is 2. The van der Waals surface area contributed by atoms with Gasteiger partial charge in [0, 0.05) is 19.3 Å². The third-order valence-corrected chi connectivity index (χ3v) is 6.62. The van der Waals surface area contributed by atoms with Gasteiger partial charge in [0.1, 0.15) is 12.2 Å². The van der Waals surface area contributed by atoms with E-state index in [-0.39, 0.29) is 30.1 Å². The van der Waals surface area contributed by atoms with Gasteiger partial charge in [-0.15, -0.1) is 0 Å². The van der Waals surface area contributed by atoms with Crippen LogP contribution in [0.15, 0.2) is 36.4 Å². The molecule has 0 N–H and O–H groups in total. The molecule has 1 aromatic carbocycles. The van der Waals surface area contributed by atoms with Gasteiger partial charge in [-0.25, -0.2) is 0 Å². The molecule has 0 radical (unpaired) electrons. The van der Waals surface area contributed by atoms with Crippen molar-refractivity contribution in [3.8, 4) is 0 Å². The monoisotopic (exact) mass is 472 g/mol. The van der Waals surface area contributed by atoms with Crippen molar-refractivity contribution in [1.82, 2.24) is 0 Å². The molecule has 0 amide bonds. The topological polar surface area (TPSA) is 78.9 Å². The number of hydrogen-bond donors (Lipinski definition) is 0. The highest BCUT2D eigenvalue weighted by molar-refractivity contribution is 5.69. The van der Waals surface area contributed by atoms with Crippen molar-refractivity contribution < 1.29 is 28.6 Å². The van der Waals surface area contributed by atoms with Crippen molar-refractivity contribution in [1.29, 1.82) is 0 Å². The zero-order valence-electron chi connectivity index (χ0n) is 20.9. The molecule has 1 fully saturated rings. The number of allylic oxidation sites excluding steroid dienone is 2. The van der Waals surface area contributed by atoms with Crippen molar-refractivity contribution in [2.75, 3.05) is 7.11 Å². The molecule has 0 spiro atoms. The predicted octanol–water partition coefficient (Wildman–Crippen LogP) is 6.20. The summed E-state index contributed by atoms with van der Waals surface area (Å²) in [7, 11) is 1.41. The van der Waals surface area contributed by atoms with Crippen LogP contribution in [0, 0.1) is 5.92 Å². The van der Waals surface area contributed by atoms with E-state index in [2.05, 4.69) is 35.9 Å². The van der Waals surface area contributed by atoms with Gasteiger partial charge in [-0.2, -0.15) is 0 Å². The molecular formula is C28H40O6. The van der Waals surface area contributed by atoms with Gasteiger partial charge in [0.2, 0.25) is 0 Å². The first kappa shape index (κ1) is 27.6. The lowest BCUT2D eigenvalue weighted by atomic mass is 9.84. The average Bonchev–Trinajstić information content (AvgIpc) is 3.23. The highest BCUT2D eigenvalue weighted by Gasteiger charge is 2.37. The van der Waals surface area contributed by atoms with Gasteiger partial charge in [-0.3, -0.25) is 14.4 Å². The predicted molar refractivity (Wildman–Crippen MR) is 131 cm³/mol. The first-order valence-electron chi connectivity index (χ1n) is 12.6. The summed E-state index contributed by atoms with van der Waals surface area (Å²) in [5.41, 5.74) is 2.15. The van der Waals surface area contributed by atoms with Crippen molar-refractivity contribution in [2.45, 2.75) is 96.2 Å². The van der Waals surface area contributed by atoms with Crippen molar-refractivity contribution in [3.63, 3.8) is 0 Å². The van der Waals surface area contributed by atoms with Crippen LogP contribution in [0.25, 0.3) is 0 Å². The highest BCUT2D eigenvalue weighted by Crippen LogP contribution is 2.43. The van der Waals surface area contributed by atoms with E-state index in [0.717, 1.165) is 68.9 Å². The summed E-state index contributed by atoms with van der Waals surface area (Å²) in [5.74, 6) is 0.0647. The first-order valence-corrected chi connectivity index (χ1v) is 12.6. The second kappa shape index (κ2) is 15.3. The Morgan fingerprint density at radius 3 is 2.50 bits per heavy atom. The van der Waals surface area contributed by atoms with Crippen LogP contribution >= 0.6 is 0 Å². The van der Waals surface area contributed by atoms with Gasteiger partial charge >= 0.3 is 11.9 Å². The highest BCUT2D eigenvalue weighted by atomic mass is 16.5. The van der Waals surface area contributed by atoms with Gasteiger partial charge in [0.25, 0.3) is 6.47 Å². The van der Waals surface area contributed by atoms with Crippen LogP contribution in [-0.4, -0.2) is 31.6 Å².